The predicted molar refractivity (Wildman–Crippen MR) is 86.0 cm³/mol. The molecule has 0 aliphatic heterocycles. The Labute approximate surface area is 129 Å². The topological polar surface area (TPSA) is 38.0 Å². The van der Waals surface area contributed by atoms with Gasteiger partial charge in [0.05, 0.1) is 6.04 Å². The van der Waals surface area contributed by atoms with Gasteiger partial charge in [-0.15, -0.1) is 0 Å². The quantitative estimate of drug-likeness (QED) is 0.646. The molecule has 1 atom stereocenters. The van der Waals surface area contributed by atoms with Gasteiger partial charge in [0.1, 0.15) is 0 Å². The molecule has 2 nitrogen and oxygen atoms in total. The molecule has 3 N–H and O–H groups in total. The molecule has 0 radical (unpaired) electrons. The number of nitrogens with one attached hydrogen (secondary N) is 1. The summed E-state index contributed by atoms with van der Waals surface area (Å²) in [5, 5.41) is 1.30. The fraction of sp³-hybridized carbons (Fsp3) is 0.250. The lowest BCUT2D eigenvalue weighted by atomic mass is 9.75. The van der Waals surface area contributed by atoms with Gasteiger partial charge in [0.15, 0.2) is 0 Å². The minimum atomic E-state index is -0.232. The molecule has 0 spiro atoms. The van der Waals surface area contributed by atoms with Gasteiger partial charge in [-0.2, -0.15) is 0 Å². The highest BCUT2D eigenvalue weighted by Gasteiger charge is 2.33. The van der Waals surface area contributed by atoms with Crippen LogP contribution in [0.4, 0.5) is 0 Å². The largest absolute Gasteiger partial charge is 0.271 e. The summed E-state index contributed by atoms with van der Waals surface area (Å²) >= 11 is 12.4. The van der Waals surface area contributed by atoms with Gasteiger partial charge >= 0.3 is 0 Å². The average Bonchev–Trinajstić information content (AvgIpc) is 2.44. The van der Waals surface area contributed by atoms with Crippen molar-refractivity contribution in [1.29, 1.82) is 0 Å². The highest BCUT2D eigenvalue weighted by molar-refractivity contribution is 6.33. The van der Waals surface area contributed by atoms with Gasteiger partial charge in [-0.3, -0.25) is 11.3 Å². The second kappa shape index (κ2) is 6.15. The number of halogens is 2. The Hall–Kier alpha value is -1.06. The van der Waals surface area contributed by atoms with E-state index >= 15 is 0 Å². The lowest BCUT2D eigenvalue weighted by molar-refractivity contribution is 0.353. The van der Waals surface area contributed by atoms with E-state index < -0.39 is 0 Å². The Kier molecular flexibility index (Phi) is 4.71. The van der Waals surface area contributed by atoms with Gasteiger partial charge in [0.2, 0.25) is 0 Å². The van der Waals surface area contributed by atoms with Crippen LogP contribution < -0.4 is 11.3 Å². The van der Waals surface area contributed by atoms with Crippen molar-refractivity contribution >= 4 is 23.2 Å². The first kappa shape index (κ1) is 15.3. The van der Waals surface area contributed by atoms with Crippen molar-refractivity contribution in [3.8, 4) is 0 Å². The third kappa shape index (κ3) is 2.99. The molecule has 0 aliphatic rings. The van der Waals surface area contributed by atoms with Crippen LogP contribution >= 0.6 is 23.2 Å². The normalized spacial score (nSPS) is 13.2. The summed E-state index contributed by atoms with van der Waals surface area (Å²) in [7, 11) is 0. The van der Waals surface area contributed by atoms with Crippen LogP contribution in [-0.2, 0) is 5.41 Å². The van der Waals surface area contributed by atoms with E-state index in [0.717, 1.165) is 5.56 Å². The van der Waals surface area contributed by atoms with Crippen molar-refractivity contribution in [2.45, 2.75) is 25.3 Å². The number of hydrogen-bond donors (Lipinski definition) is 2. The molecule has 1 unspecified atom stereocenters. The first-order valence-electron chi connectivity index (χ1n) is 6.43. The smallest absolute Gasteiger partial charge is 0.0566 e. The standard InChI is InChI=1S/C16H18Cl2N2/c1-16(2,11-6-4-3-5-7-11)15(20-19)13-10-12(17)8-9-14(13)18/h3-10,15,20H,19H2,1-2H3. The Morgan fingerprint density at radius 3 is 2.30 bits per heavy atom. The second-order valence-corrected chi connectivity index (χ2v) is 6.20. The molecule has 0 heterocycles. The van der Waals surface area contributed by atoms with Crippen molar-refractivity contribution in [2.75, 3.05) is 0 Å². The molecule has 4 heteroatoms. The first-order chi connectivity index (χ1) is 9.46. The van der Waals surface area contributed by atoms with E-state index in [1.165, 1.54) is 5.56 Å². The maximum absolute atomic E-state index is 6.31. The fourth-order valence-electron chi connectivity index (χ4n) is 2.46. The predicted octanol–water partition coefficient (Wildman–Crippen LogP) is 4.48. The third-order valence-electron chi connectivity index (χ3n) is 3.68. The maximum atomic E-state index is 6.31. The van der Waals surface area contributed by atoms with Crippen molar-refractivity contribution in [3.63, 3.8) is 0 Å². The Morgan fingerprint density at radius 2 is 1.70 bits per heavy atom. The van der Waals surface area contributed by atoms with E-state index in [-0.39, 0.29) is 11.5 Å². The van der Waals surface area contributed by atoms with E-state index in [2.05, 4.69) is 31.4 Å². The van der Waals surface area contributed by atoms with Gasteiger partial charge in [-0.1, -0.05) is 67.4 Å². The van der Waals surface area contributed by atoms with Gasteiger partial charge in [0.25, 0.3) is 0 Å². The van der Waals surface area contributed by atoms with Crippen LogP contribution in [0.5, 0.6) is 0 Å². The number of nitrogens with two attached hydrogens (primary N) is 1. The Morgan fingerprint density at radius 1 is 1.05 bits per heavy atom. The van der Waals surface area contributed by atoms with Crippen molar-refractivity contribution in [1.82, 2.24) is 5.43 Å². The molecule has 20 heavy (non-hydrogen) atoms. The summed E-state index contributed by atoms with van der Waals surface area (Å²) in [5.74, 6) is 5.80. The fourth-order valence-corrected chi connectivity index (χ4v) is 2.86. The summed E-state index contributed by atoms with van der Waals surface area (Å²) < 4.78 is 0. The van der Waals surface area contributed by atoms with Gasteiger partial charge in [-0.05, 0) is 29.3 Å². The third-order valence-corrected chi connectivity index (χ3v) is 4.25. The van der Waals surface area contributed by atoms with Crippen LogP contribution in [0, 0.1) is 0 Å². The number of hydrazine groups is 1. The zero-order chi connectivity index (χ0) is 14.8. The van der Waals surface area contributed by atoms with E-state index in [0.29, 0.717) is 10.0 Å². The zero-order valence-corrected chi connectivity index (χ0v) is 13.0. The molecular weight excluding hydrogens is 291 g/mol. The van der Waals surface area contributed by atoms with Crippen LogP contribution in [0.15, 0.2) is 48.5 Å². The van der Waals surface area contributed by atoms with Crippen LogP contribution in [0.2, 0.25) is 10.0 Å². The SMILES string of the molecule is CC(C)(c1ccccc1)C(NN)c1cc(Cl)ccc1Cl. The minimum Gasteiger partial charge on any atom is -0.271 e. The highest BCUT2D eigenvalue weighted by atomic mass is 35.5. The Bertz CT molecular complexity index is 582. The van der Waals surface area contributed by atoms with Crippen molar-refractivity contribution in [3.05, 3.63) is 69.7 Å². The molecule has 2 aromatic carbocycles. The molecule has 0 aromatic heterocycles. The minimum absolute atomic E-state index is 0.143. The van der Waals surface area contributed by atoms with Crippen LogP contribution in [0.25, 0.3) is 0 Å². The molecule has 0 aliphatic carbocycles. The summed E-state index contributed by atoms with van der Waals surface area (Å²) in [6, 6.07) is 15.5. The molecule has 2 aromatic rings. The van der Waals surface area contributed by atoms with Crippen LogP contribution in [0.1, 0.15) is 31.0 Å². The van der Waals surface area contributed by atoms with E-state index in [1.807, 2.05) is 24.3 Å². The lowest BCUT2D eigenvalue weighted by Crippen LogP contribution is -2.41. The van der Waals surface area contributed by atoms with Gasteiger partial charge in [-0.25, -0.2) is 0 Å². The lowest BCUT2D eigenvalue weighted by Gasteiger charge is -2.35. The molecule has 0 bridgehead atoms. The van der Waals surface area contributed by atoms with E-state index in [1.54, 1.807) is 12.1 Å². The number of benzene rings is 2. The number of rotatable bonds is 4. The molecule has 0 amide bonds. The Balaban J connectivity index is 2.49. The molecule has 0 saturated carbocycles. The van der Waals surface area contributed by atoms with Crippen LogP contribution in [0.3, 0.4) is 0 Å². The zero-order valence-electron chi connectivity index (χ0n) is 11.5. The van der Waals surface area contributed by atoms with Crippen molar-refractivity contribution < 1.29 is 0 Å². The summed E-state index contributed by atoms with van der Waals surface area (Å²) in [6.07, 6.45) is 0. The summed E-state index contributed by atoms with van der Waals surface area (Å²) in [6.45, 7) is 4.26. The molecule has 2 rings (SSSR count). The molecule has 0 fully saturated rings. The summed E-state index contributed by atoms with van der Waals surface area (Å²) in [5.41, 5.74) is 4.73. The summed E-state index contributed by atoms with van der Waals surface area (Å²) in [4.78, 5) is 0. The van der Waals surface area contributed by atoms with Gasteiger partial charge in [0, 0.05) is 15.5 Å². The molecule has 106 valence electrons. The van der Waals surface area contributed by atoms with E-state index in [4.69, 9.17) is 29.0 Å². The van der Waals surface area contributed by atoms with Gasteiger partial charge < -0.3 is 0 Å². The first-order valence-corrected chi connectivity index (χ1v) is 7.19. The average molecular weight is 309 g/mol. The molecule has 0 saturated heterocycles. The van der Waals surface area contributed by atoms with E-state index in [9.17, 15) is 0 Å². The second-order valence-electron chi connectivity index (χ2n) is 5.35. The monoisotopic (exact) mass is 308 g/mol. The number of hydrogen-bond acceptors (Lipinski definition) is 2. The maximum Gasteiger partial charge on any atom is 0.0566 e. The highest BCUT2D eigenvalue weighted by Crippen LogP contribution is 2.39. The molecular formula is C16H18Cl2N2. The van der Waals surface area contributed by atoms with Crippen LogP contribution in [-0.4, -0.2) is 0 Å². The van der Waals surface area contributed by atoms with Crippen molar-refractivity contribution in [2.24, 2.45) is 5.84 Å².